The van der Waals surface area contributed by atoms with Crippen molar-refractivity contribution in [3.8, 4) is 0 Å². The highest BCUT2D eigenvalue weighted by Gasteiger charge is 2.42. The number of aromatic nitrogens is 4. The van der Waals surface area contributed by atoms with E-state index in [1.54, 1.807) is 11.3 Å². The molecule has 1 fully saturated rings. The summed E-state index contributed by atoms with van der Waals surface area (Å²) in [5, 5.41) is 26.5. The summed E-state index contributed by atoms with van der Waals surface area (Å²) in [4.78, 5) is 12.3. The maximum Gasteiger partial charge on any atom is 0.230 e. The van der Waals surface area contributed by atoms with Crippen molar-refractivity contribution >= 4 is 70.7 Å². The third kappa shape index (κ3) is 7.56. The molecule has 1 aliphatic carbocycles. The highest BCUT2D eigenvalue weighted by molar-refractivity contribution is 9.11. The molecule has 38 heavy (non-hydrogen) atoms. The van der Waals surface area contributed by atoms with Crippen LogP contribution in [-0.4, -0.2) is 38.6 Å². The minimum Gasteiger partial charge on any atom is -0.348 e. The number of epoxide rings is 1. The molecule has 200 valence electrons. The summed E-state index contributed by atoms with van der Waals surface area (Å²) in [7, 11) is 0. The van der Waals surface area contributed by atoms with Crippen molar-refractivity contribution in [1.29, 1.82) is 0 Å². The van der Waals surface area contributed by atoms with Crippen molar-refractivity contribution < 1.29 is 9.53 Å². The molecule has 5 rings (SSSR count). The van der Waals surface area contributed by atoms with Gasteiger partial charge in [0.05, 0.1) is 6.42 Å². The molecule has 4 unspecified atom stereocenters. The van der Waals surface area contributed by atoms with E-state index in [-0.39, 0.29) is 24.7 Å². The Balaban J connectivity index is 0.989. The Morgan fingerprint density at radius 3 is 2.47 bits per heavy atom. The average Bonchev–Trinajstić information content (AvgIpc) is 3.22. The summed E-state index contributed by atoms with van der Waals surface area (Å²) in [6, 6.07) is 7.70. The number of anilines is 2. The Labute approximate surface area is 246 Å². The van der Waals surface area contributed by atoms with Crippen molar-refractivity contribution in [1.82, 2.24) is 20.4 Å². The monoisotopic (exact) mass is 678 g/mol. The van der Waals surface area contributed by atoms with E-state index < -0.39 is 0 Å². The zero-order valence-electron chi connectivity index (χ0n) is 20.8. The van der Waals surface area contributed by atoms with Gasteiger partial charge in [-0.25, -0.2) is 0 Å². The number of halogens is 2. The molecule has 0 saturated carbocycles. The SMILES string of the molecule is CC1C=CC=C(Br)C1CC1OC1Nc1nnc(CCCCc2nnc(NC(=O)Cc3ccccc3Br)s2)s1. The van der Waals surface area contributed by atoms with E-state index in [0.29, 0.717) is 17.0 Å². The van der Waals surface area contributed by atoms with Gasteiger partial charge in [0.25, 0.3) is 0 Å². The first-order valence-corrected chi connectivity index (χ1v) is 15.8. The quantitative estimate of drug-likeness (QED) is 0.166. The average molecular weight is 680 g/mol. The fraction of sp³-hybridized carbons (Fsp3) is 0.423. The van der Waals surface area contributed by atoms with Crippen LogP contribution in [0.25, 0.3) is 0 Å². The Hall–Kier alpha value is -1.99. The van der Waals surface area contributed by atoms with Gasteiger partial charge in [0.2, 0.25) is 16.2 Å². The largest absolute Gasteiger partial charge is 0.348 e. The minimum absolute atomic E-state index is 0.00973. The van der Waals surface area contributed by atoms with E-state index in [0.717, 1.165) is 57.3 Å². The van der Waals surface area contributed by atoms with Crippen LogP contribution >= 0.6 is 54.5 Å². The summed E-state index contributed by atoms with van der Waals surface area (Å²) in [6.07, 6.45) is 11.6. The summed E-state index contributed by atoms with van der Waals surface area (Å²) in [6.45, 7) is 2.24. The molecular formula is C26H28Br2N6O2S2. The van der Waals surface area contributed by atoms with Crippen LogP contribution in [0.5, 0.6) is 0 Å². The van der Waals surface area contributed by atoms with E-state index >= 15 is 0 Å². The Bertz CT molecular complexity index is 1330. The zero-order chi connectivity index (χ0) is 26.5. The van der Waals surface area contributed by atoms with Gasteiger partial charge in [0.1, 0.15) is 16.1 Å². The van der Waals surface area contributed by atoms with Gasteiger partial charge in [-0.3, -0.25) is 4.79 Å². The summed E-state index contributed by atoms with van der Waals surface area (Å²) in [5.74, 6) is 0.854. The lowest BCUT2D eigenvalue weighted by molar-refractivity contribution is -0.115. The molecule has 8 nitrogen and oxygen atoms in total. The highest BCUT2D eigenvalue weighted by Crippen LogP contribution is 2.39. The number of allylic oxidation sites excluding steroid dienone is 4. The lowest BCUT2D eigenvalue weighted by atomic mass is 9.86. The van der Waals surface area contributed by atoms with Crippen LogP contribution < -0.4 is 10.6 Å². The molecular weight excluding hydrogens is 652 g/mol. The molecule has 2 N–H and O–H groups in total. The van der Waals surface area contributed by atoms with Gasteiger partial charge in [0, 0.05) is 17.3 Å². The van der Waals surface area contributed by atoms with Crippen molar-refractivity contribution in [3.05, 3.63) is 67.0 Å². The molecule has 0 radical (unpaired) electrons. The van der Waals surface area contributed by atoms with Crippen LogP contribution in [-0.2, 0) is 28.8 Å². The second-order valence-corrected chi connectivity index (χ2v) is 13.3. The summed E-state index contributed by atoms with van der Waals surface area (Å²) < 4.78 is 8.02. The van der Waals surface area contributed by atoms with E-state index in [1.165, 1.54) is 15.8 Å². The normalized spacial score (nSPS) is 22.2. The first-order chi connectivity index (χ1) is 18.4. The Kier molecular flexibility index (Phi) is 9.37. The molecule has 1 aromatic carbocycles. The van der Waals surface area contributed by atoms with Crippen LogP contribution in [0.1, 0.15) is 41.8 Å². The number of amides is 1. The maximum atomic E-state index is 12.3. The van der Waals surface area contributed by atoms with Crippen molar-refractivity contribution in [2.75, 3.05) is 10.6 Å². The fourth-order valence-electron chi connectivity index (χ4n) is 4.33. The lowest BCUT2D eigenvalue weighted by Gasteiger charge is -2.23. The molecule has 1 aliphatic heterocycles. The fourth-order valence-corrected chi connectivity index (χ4v) is 7.12. The number of nitrogens with one attached hydrogen (secondary N) is 2. The number of carbonyl (C=O) groups is 1. The van der Waals surface area contributed by atoms with Crippen molar-refractivity contribution in [3.63, 3.8) is 0 Å². The number of unbranched alkanes of at least 4 members (excludes halogenated alkanes) is 1. The number of rotatable bonds is 12. The molecule has 2 aromatic heterocycles. The molecule has 0 bridgehead atoms. The van der Waals surface area contributed by atoms with Crippen molar-refractivity contribution in [2.24, 2.45) is 11.8 Å². The molecule has 3 aromatic rings. The topological polar surface area (TPSA) is 105 Å². The predicted octanol–water partition coefficient (Wildman–Crippen LogP) is 6.53. The third-order valence-electron chi connectivity index (χ3n) is 6.51. The van der Waals surface area contributed by atoms with Gasteiger partial charge >= 0.3 is 0 Å². The molecule has 3 heterocycles. The maximum absolute atomic E-state index is 12.3. The number of nitrogens with zero attached hydrogens (tertiary/aromatic N) is 4. The van der Waals surface area contributed by atoms with Crippen LogP contribution in [0.15, 0.2) is 51.4 Å². The van der Waals surface area contributed by atoms with Crippen LogP contribution in [0.2, 0.25) is 0 Å². The third-order valence-corrected chi connectivity index (χ3v) is 9.95. The number of aryl methyl sites for hydroxylation is 2. The van der Waals surface area contributed by atoms with Crippen LogP contribution in [0.4, 0.5) is 10.3 Å². The number of ether oxygens (including phenoxy) is 1. The number of benzene rings is 1. The predicted molar refractivity (Wildman–Crippen MR) is 159 cm³/mol. The number of hydrogen-bond donors (Lipinski definition) is 2. The van der Waals surface area contributed by atoms with E-state index in [9.17, 15) is 4.79 Å². The smallest absolute Gasteiger partial charge is 0.230 e. The van der Waals surface area contributed by atoms with E-state index in [1.807, 2.05) is 24.3 Å². The second-order valence-electron chi connectivity index (χ2n) is 9.40. The zero-order valence-corrected chi connectivity index (χ0v) is 25.6. The van der Waals surface area contributed by atoms with E-state index in [2.05, 4.69) is 88.0 Å². The summed E-state index contributed by atoms with van der Waals surface area (Å²) in [5.41, 5.74) is 0.937. The van der Waals surface area contributed by atoms with Gasteiger partial charge in [0.15, 0.2) is 6.23 Å². The van der Waals surface area contributed by atoms with E-state index in [4.69, 9.17) is 4.74 Å². The van der Waals surface area contributed by atoms with Gasteiger partial charge in [-0.05, 0) is 47.2 Å². The van der Waals surface area contributed by atoms with Crippen LogP contribution in [0.3, 0.4) is 0 Å². The molecule has 1 saturated heterocycles. The molecule has 2 aliphatic rings. The number of hydrogen-bond acceptors (Lipinski definition) is 9. The highest BCUT2D eigenvalue weighted by atomic mass is 79.9. The standard InChI is InChI=1S/C26H28Br2N6O2S2/c1-15-7-6-10-19(28)17(15)14-20-24(36-20)30-26-34-32-23(38-26)12-5-4-11-22-31-33-25(37-22)29-21(35)13-16-8-2-3-9-18(16)27/h2-3,6-10,15,17,20,24H,4-5,11-14H2,1H3,(H,30,34)(H,29,33,35). The van der Waals surface area contributed by atoms with Crippen LogP contribution in [0, 0.1) is 11.8 Å². The Morgan fingerprint density at radius 2 is 1.74 bits per heavy atom. The second kappa shape index (κ2) is 12.9. The summed E-state index contributed by atoms with van der Waals surface area (Å²) >= 11 is 10.2. The molecule has 0 spiro atoms. The Morgan fingerprint density at radius 1 is 1.03 bits per heavy atom. The molecule has 1 amide bonds. The first kappa shape index (κ1) is 27.6. The minimum atomic E-state index is -0.103. The molecule has 4 atom stereocenters. The van der Waals surface area contributed by atoms with Gasteiger partial charge < -0.3 is 15.4 Å². The van der Waals surface area contributed by atoms with Gasteiger partial charge in [-0.1, -0.05) is 97.9 Å². The van der Waals surface area contributed by atoms with Gasteiger partial charge in [-0.15, -0.1) is 20.4 Å². The lowest BCUT2D eigenvalue weighted by Crippen LogP contribution is -2.17. The van der Waals surface area contributed by atoms with Gasteiger partial charge in [-0.2, -0.15) is 0 Å². The number of carbonyl (C=O) groups excluding carboxylic acids is 1. The van der Waals surface area contributed by atoms with Crippen molar-refractivity contribution in [2.45, 2.75) is 57.8 Å². The molecule has 12 heteroatoms. The first-order valence-electron chi connectivity index (χ1n) is 12.6.